The van der Waals surface area contributed by atoms with Crippen LogP contribution in [-0.2, 0) is 14.3 Å². The number of unbranched alkanes of at least 4 members (excludes halogenated alkanes) is 2. The Morgan fingerprint density at radius 3 is 2.66 bits per heavy atom. The van der Waals surface area contributed by atoms with E-state index in [9.17, 15) is 14.7 Å². The molecule has 212 valence electrons. The van der Waals surface area contributed by atoms with Gasteiger partial charge < -0.3 is 30.0 Å². The van der Waals surface area contributed by atoms with Gasteiger partial charge in [-0.3, -0.25) is 14.5 Å². The third-order valence-corrected chi connectivity index (χ3v) is 8.27. The quantitative estimate of drug-likeness (QED) is 0.350. The summed E-state index contributed by atoms with van der Waals surface area (Å²) in [6, 6.07) is 5.48. The Morgan fingerprint density at radius 2 is 1.92 bits per heavy atom. The Balaban J connectivity index is 1.54. The van der Waals surface area contributed by atoms with Gasteiger partial charge in [0.05, 0.1) is 18.6 Å². The average molecular weight is 532 g/mol. The Bertz CT molecular complexity index is 922. The number of aliphatic carboxylic acids is 1. The lowest BCUT2D eigenvalue weighted by atomic mass is 9.83. The SMILES string of the molecule is CCCCN(CCCCN)C(=O)CN1C[C@H](c2ccc3c(c2)OCO3)[C@@H](C(=O)O)[C@@H]1CCC1CCCCO1. The summed E-state index contributed by atoms with van der Waals surface area (Å²) in [5.41, 5.74) is 6.61. The van der Waals surface area contributed by atoms with Crippen LogP contribution in [0.15, 0.2) is 18.2 Å². The number of fused-ring (bicyclic) bond motifs is 1. The van der Waals surface area contributed by atoms with Crippen molar-refractivity contribution in [3.05, 3.63) is 23.8 Å². The predicted molar refractivity (Wildman–Crippen MR) is 144 cm³/mol. The molecule has 1 aromatic rings. The van der Waals surface area contributed by atoms with Crippen LogP contribution in [0.4, 0.5) is 0 Å². The fraction of sp³-hybridized carbons (Fsp3) is 0.724. The second-order valence-corrected chi connectivity index (χ2v) is 10.9. The van der Waals surface area contributed by atoms with E-state index in [2.05, 4.69) is 11.8 Å². The smallest absolute Gasteiger partial charge is 0.308 e. The van der Waals surface area contributed by atoms with Crippen molar-refractivity contribution in [2.45, 2.75) is 82.8 Å². The van der Waals surface area contributed by atoms with Gasteiger partial charge in [-0.25, -0.2) is 0 Å². The fourth-order valence-corrected chi connectivity index (χ4v) is 6.16. The summed E-state index contributed by atoms with van der Waals surface area (Å²) in [6.07, 6.45) is 8.65. The highest BCUT2D eigenvalue weighted by molar-refractivity contribution is 5.79. The molecule has 3 N–H and O–H groups in total. The number of benzene rings is 1. The topological polar surface area (TPSA) is 115 Å². The lowest BCUT2D eigenvalue weighted by molar-refractivity contribution is -0.144. The molecule has 3 aliphatic heterocycles. The van der Waals surface area contributed by atoms with Crippen molar-refractivity contribution in [2.75, 3.05) is 46.1 Å². The third kappa shape index (κ3) is 7.18. The van der Waals surface area contributed by atoms with Gasteiger partial charge in [0.25, 0.3) is 0 Å². The maximum Gasteiger partial charge on any atom is 0.308 e. The van der Waals surface area contributed by atoms with Crippen molar-refractivity contribution in [2.24, 2.45) is 11.7 Å². The van der Waals surface area contributed by atoms with Gasteiger partial charge in [-0.05, 0) is 75.6 Å². The molecule has 4 rings (SSSR count). The van der Waals surface area contributed by atoms with Crippen LogP contribution in [0.25, 0.3) is 0 Å². The number of carboxylic acid groups (broad SMARTS) is 1. The van der Waals surface area contributed by atoms with Crippen LogP contribution in [0, 0.1) is 5.92 Å². The first-order chi connectivity index (χ1) is 18.5. The summed E-state index contributed by atoms with van der Waals surface area (Å²) in [6.45, 7) is 5.85. The summed E-state index contributed by atoms with van der Waals surface area (Å²) >= 11 is 0. The van der Waals surface area contributed by atoms with Crippen LogP contribution in [0.5, 0.6) is 11.5 Å². The lowest BCUT2D eigenvalue weighted by Crippen LogP contribution is -2.45. The van der Waals surface area contributed by atoms with E-state index in [0.717, 1.165) is 70.1 Å². The van der Waals surface area contributed by atoms with E-state index in [1.807, 2.05) is 23.1 Å². The molecule has 0 radical (unpaired) electrons. The minimum atomic E-state index is -0.817. The number of rotatable bonds is 14. The van der Waals surface area contributed by atoms with E-state index in [1.54, 1.807) is 0 Å². The van der Waals surface area contributed by atoms with Gasteiger partial charge >= 0.3 is 5.97 Å². The highest BCUT2D eigenvalue weighted by Gasteiger charge is 2.47. The molecular formula is C29H45N3O6. The predicted octanol–water partition coefficient (Wildman–Crippen LogP) is 3.60. The van der Waals surface area contributed by atoms with Crippen LogP contribution in [-0.4, -0.2) is 85.1 Å². The third-order valence-electron chi connectivity index (χ3n) is 8.27. The number of amides is 1. The van der Waals surface area contributed by atoms with E-state index in [1.165, 1.54) is 0 Å². The molecule has 9 heteroatoms. The minimum absolute atomic E-state index is 0.0739. The van der Waals surface area contributed by atoms with E-state index in [4.69, 9.17) is 19.9 Å². The Labute approximate surface area is 226 Å². The van der Waals surface area contributed by atoms with E-state index in [0.29, 0.717) is 37.6 Å². The molecule has 2 fully saturated rings. The first-order valence-corrected chi connectivity index (χ1v) is 14.5. The van der Waals surface area contributed by atoms with Crippen LogP contribution in [0.1, 0.15) is 76.2 Å². The van der Waals surface area contributed by atoms with Gasteiger partial charge in [-0.15, -0.1) is 0 Å². The highest BCUT2D eigenvalue weighted by atomic mass is 16.7. The molecule has 4 atom stereocenters. The summed E-state index contributed by atoms with van der Waals surface area (Å²) in [5.74, 6) is -0.269. The number of likely N-dealkylation sites (tertiary alicyclic amines) is 1. The summed E-state index contributed by atoms with van der Waals surface area (Å²) in [7, 11) is 0. The number of hydrogen-bond acceptors (Lipinski definition) is 7. The second kappa shape index (κ2) is 14.1. The zero-order valence-electron chi connectivity index (χ0n) is 22.8. The van der Waals surface area contributed by atoms with Gasteiger partial charge in [-0.1, -0.05) is 19.4 Å². The molecule has 38 heavy (non-hydrogen) atoms. The largest absolute Gasteiger partial charge is 0.481 e. The lowest BCUT2D eigenvalue weighted by Gasteiger charge is -2.31. The summed E-state index contributed by atoms with van der Waals surface area (Å²) in [4.78, 5) is 30.4. The standard InChI is InChI=1S/C29H45N3O6/c1-2-3-14-31(15-6-5-13-30)27(33)19-32-18-23(21-9-12-25-26(17-21)38-20-37-25)28(29(34)35)24(32)11-10-22-8-4-7-16-36-22/h9,12,17,22-24,28H,2-8,10-11,13-16,18-20,30H2,1H3,(H,34,35)/t22?,23-,24+,28-/m1/s1. The first-order valence-electron chi connectivity index (χ1n) is 14.5. The van der Waals surface area contributed by atoms with Gasteiger partial charge in [-0.2, -0.15) is 0 Å². The number of carboxylic acids is 1. The molecule has 1 amide bonds. The minimum Gasteiger partial charge on any atom is -0.481 e. The molecule has 3 heterocycles. The molecule has 9 nitrogen and oxygen atoms in total. The van der Waals surface area contributed by atoms with Crippen molar-refractivity contribution in [1.82, 2.24) is 9.80 Å². The van der Waals surface area contributed by atoms with Crippen LogP contribution < -0.4 is 15.2 Å². The zero-order valence-corrected chi connectivity index (χ0v) is 22.8. The van der Waals surface area contributed by atoms with Crippen molar-refractivity contribution in [3.8, 4) is 11.5 Å². The number of carbonyl (C=O) groups excluding carboxylic acids is 1. The van der Waals surface area contributed by atoms with Crippen LogP contribution >= 0.6 is 0 Å². The summed E-state index contributed by atoms with van der Waals surface area (Å²) < 4.78 is 17.0. The number of carbonyl (C=O) groups is 2. The van der Waals surface area contributed by atoms with Gasteiger partial charge in [0, 0.05) is 38.2 Å². The average Bonchev–Trinajstić information content (AvgIpc) is 3.54. The number of nitrogens with two attached hydrogens (primary N) is 1. The van der Waals surface area contributed by atoms with E-state index < -0.39 is 11.9 Å². The number of nitrogens with zero attached hydrogens (tertiary/aromatic N) is 2. The second-order valence-electron chi connectivity index (χ2n) is 10.9. The molecule has 0 aliphatic carbocycles. The molecule has 1 unspecified atom stereocenters. The van der Waals surface area contributed by atoms with Crippen molar-refractivity contribution >= 4 is 11.9 Å². The van der Waals surface area contributed by atoms with Gasteiger partial charge in [0.1, 0.15) is 0 Å². The molecule has 1 aromatic carbocycles. The van der Waals surface area contributed by atoms with Crippen molar-refractivity contribution in [1.29, 1.82) is 0 Å². The number of ether oxygens (including phenoxy) is 3. The van der Waals surface area contributed by atoms with E-state index >= 15 is 0 Å². The fourth-order valence-electron chi connectivity index (χ4n) is 6.16. The normalized spacial score (nSPS) is 25.0. The Morgan fingerprint density at radius 1 is 1.11 bits per heavy atom. The highest BCUT2D eigenvalue weighted by Crippen LogP contribution is 2.43. The summed E-state index contributed by atoms with van der Waals surface area (Å²) in [5, 5.41) is 10.4. The van der Waals surface area contributed by atoms with Crippen LogP contribution in [0.3, 0.4) is 0 Å². The molecule has 0 spiro atoms. The molecule has 0 saturated carbocycles. The van der Waals surface area contributed by atoms with Crippen LogP contribution in [0.2, 0.25) is 0 Å². The van der Waals surface area contributed by atoms with Gasteiger partial charge in [0.2, 0.25) is 12.7 Å². The Hall–Kier alpha value is -2.36. The molecule has 0 bridgehead atoms. The van der Waals surface area contributed by atoms with E-state index in [-0.39, 0.29) is 37.3 Å². The van der Waals surface area contributed by atoms with Crippen molar-refractivity contribution in [3.63, 3.8) is 0 Å². The zero-order chi connectivity index (χ0) is 26.9. The first kappa shape index (κ1) is 28.6. The maximum absolute atomic E-state index is 13.6. The van der Waals surface area contributed by atoms with Gasteiger partial charge in [0.15, 0.2) is 11.5 Å². The monoisotopic (exact) mass is 531 g/mol. The maximum atomic E-state index is 13.6. The Kier molecular flexibility index (Phi) is 10.7. The molecule has 0 aromatic heterocycles. The van der Waals surface area contributed by atoms with Crippen molar-refractivity contribution < 1.29 is 28.9 Å². The molecule has 3 aliphatic rings. The number of hydrogen-bond donors (Lipinski definition) is 2. The molecular weight excluding hydrogens is 486 g/mol. The molecule has 2 saturated heterocycles.